The molecule has 0 bridgehead atoms. The van der Waals surface area contributed by atoms with Crippen LogP contribution in [-0.2, 0) is 10.5 Å². The molecule has 162 valence electrons. The molecule has 0 fully saturated rings. The van der Waals surface area contributed by atoms with Crippen molar-refractivity contribution in [3.8, 4) is 28.7 Å². The molecule has 3 aromatic rings. The fourth-order valence-electron chi connectivity index (χ4n) is 3.18. The van der Waals surface area contributed by atoms with Crippen LogP contribution in [0.5, 0.6) is 17.2 Å². The summed E-state index contributed by atoms with van der Waals surface area (Å²) in [4.78, 5) is 16.8. The van der Waals surface area contributed by atoms with Gasteiger partial charge >= 0.3 is 0 Å². The Kier molecular flexibility index (Phi) is 6.66. The average molecular weight is 441 g/mol. The van der Waals surface area contributed by atoms with Gasteiger partial charge in [0.05, 0.1) is 24.6 Å². The minimum atomic E-state index is -0.127. The number of ether oxygens (including phenoxy) is 3. The number of methoxy groups -OCH3 is 1. The Hall–Kier alpha value is -3.13. The molecule has 8 heteroatoms. The highest BCUT2D eigenvalue weighted by molar-refractivity contribution is 7.99. The Balaban J connectivity index is 1.25. The Bertz CT molecular complexity index is 1030. The molecule has 2 aromatic carbocycles. The molecule has 0 radical (unpaired) electrons. The third-order valence-corrected chi connectivity index (χ3v) is 5.78. The quantitative estimate of drug-likeness (QED) is 0.561. The molecular formula is C23H24N2O5S. The smallest absolute Gasteiger partial charge is 0.230 e. The van der Waals surface area contributed by atoms with Crippen molar-refractivity contribution in [3.05, 3.63) is 60.0 Å². The zero-order valence-electron chi connectivity index (χ0n) is 17.4. The summed E-state index contributed by atoms with van der Waals surface area (Å²) in [7, 11) is 1.63. The number of nitrogens with zero attached hydrogens (tertiary/aromatic N) is 1. The number of oxazole rings is 1. The monoisotopic (exact) mass is 440 g/mol. The van der Waals surface area contributed by atoms with Gasteiger partial charge in [0.15, 0.2) is 11.5 Å². The lowest BCUT2D eigenvalue weighted by Gasteiger charge is -2.21. The normalized spacial score (nSPS) is 13.5. The van der Waals surface area contributed by atoms with Crippen LogP contribution in [0.2, 0.25) is 0 Å². The fraction of sp³-hybridized carbons (Fsp3) is 0.304. The molecule has 1 aliphatic rings. The molecule has 0 unspecified atom stereocenters. The van der Waals surface area contributed by atoms with Crippen molar-refractivity contribution in [1.82, 2.24) is 10.3 Å². The summed E-state index contributed by atoms with van der Waals surface area (Å²) in [5, 5.41) is 3.02. The van der Waals surface area contributed by atoms with Gasteiger partial charge in [-0.15, -0.1) is 11.8 Å². The van der Waals surface area contributed by atoms with E-state index in [2.05, 4.69) is 10.3 Å². The Labute approximate surface area is 185 Å². The van der Waals surface area contributed by atoms with Crippen LogP contribution in [0.25, 0.3) is 11.5 Å². The van der Waals surface area contributed by atoms with Crippen LogP contribution in [0, 0.1) is 0 Å². The first kappa shape index (κ1) is 21.1. The van der Waals surface area contributed by atoms with Gasteiger partial charge in [-0.3, -0.25) is 4.79 Å². The van der Waals surface area contributed by atoms with Crippen molar-refractivity contribution >= 4 is 17.7 Å². The number of thioether (sulfide) groups is 1. The molecule has 1 atom stereocenters. The van der Waals surface area contributed by atoms with Gasteiger partial charge in [0.25, 0.3) is 0 Å². The number of hydrogen-bond acceptors (Lipinski definition) is 7. The lowest BCUT2D eigenvalue weighted by atomic mass is 10.1. The van der Waals surface area contributed by atoms with E-state index in [0.29, 0.717) is 30.6 Å². The highest BCUT2D eigenvalue weighted by atomic mass is 32.2. The number of amides is 1. The van der Waals surface area contributed by atoms with Crippen LogP contribution < -0.4 is 19.5 Å². The lowest BCUT2D eigenvalue weighted by Crippen LogP contribution is -2.28. The zero-order valence-corrected chi connectivity index (χ0v) is 18.2. The summed E-state index contributed by atoms with van der Waals surface area (Å²) in [6, 6.07) is 13.1. The molecule has 1 N–H and O–H groups in total. The van der Waals surface area contributed by atoms with Crippen LogP contribution in [0.15, 0.2) is 53.1 Å². The number of benzene rings is 2. The number of rotatable bonds is 8. The largest absolute Gasteiger partial charge is 0.497 e. The summed E-state index contributed by atoms with van der Waals surface area (Å²) >= 11 is 1.49. The van der Waals surface area contributed by atoms with E-state index < -0.39 is 0 Å². The van der Waals surface area contributed by atoms with E-state index in [4.69, 9.17) is 18.6 Å². The van der Waals surface area contributed by atoms with Gasteiger partial charge in [-0.25, -0.2) is 4.98 Å². The predicted molar refractivity (Wildman–Crippen MR) is 119 cm³/mol. The average Bonchev–Trinajstić information content (AvgIpc) is 3.27. The first-order chi connectivity index (χ1) is 15.1. The summed E-state index contributed by atoms with van der Waals surface area (Å²) < 4.78 is 21.9. The maximum Gasteiger partial charge on any atom is 0.230 e. The molecule has 31 heavy (non-hydrogen) atoms. The van der Waals surface area contributed by atoms with Crippen molar-refractivity contribution in [2.24, 2.45) is 0 Å². The van der Waals surface area contributed by atoms with Gasteiger partial charge in [-0.05, 0) is 48.9 Å². The number of fused-ring (bicyclic) bond motifs is 1. The van der Waals surface area contributed by atoms with Gasteiger partial charge in [-0.1, -0.05) is 6.07 Å². The Morgan fingerprint density at radius 3 is 2.71 bits per heavy atom. The second kappa shape index (κ2) is 9.78. The van der Waals surface area contributed by atoms with Crippen molar-refractivity contribution in [2.45, 2.75) is 18.7 Å². The first-order valence-electron chi connectivity index (χ1n) is 9.98. The van der Waals surface area contributed by atoms with E-state index in [1.54, 1.807) is 13.4 Å². The second-order valence-corrected chi connectivity index (χ2v) is 8.04. The Morgan fingerprint density at radius 2 is 1.94 bits per heavy atom. The van der Waals surface area contributed by atoms with E-state index in [9.17, 15) is 4.79 Å². The fourth-order valence-corrected chi connectivity index (χ4v) is 3.90. The Morgan fingerprint density at radius 1 is 1.16 bits per heavy atom. The van der Waals surface area contributed by atoms with Crippen LogP contribution in [0.1, 0.15) is 24.2 Å². The van der Waals surface area contributed by atoms with E-state index in [-0.39, 0.29) is 11.9 Å². The number of carbonyl (C=O) groups is 1. The number of hydrogen-bond donors (Lipinski definition) is 1. The molecule has 7 nitrogen and oxygen atoms in total. The molecule has 0 saturated carbocycles. The summed E-state index contributed by atoms with van der Waals surface area (Å²) in [5.74, 6) is 3.68. The van der Waals surface area contributed by atoms with Gasteiger partial charge in [0.1, 0.15) is 25.2 Å². The van der Waals surface area contributed by atoms with Gasteiger partial charge in [0.2, 0.25) is 11.8 Å². The minimum absolute atomic E-state index is 0.0359. The van der Waals surface area contributed by atoms with E-state index in [1.807, 2.05) is 49.4 Å². The van der Waals surface area contributed by atoms with E-state index in [0.717, 1.165) is 34.1 Å². The number of carbonyl (C=O) groups excluding carboxylic acids is 1. The summed E-state index contributed by atoms with van der Waals surface area (Å²) in [5.41, 5.74) is 2.65. The highest BCUT2D eigenvalue weighted by Crippen LogP contribution is 2.32. The topological polar surface area (TPSA) is 82.8 Å². The highest BCUT2D eigenvalue weighted by Gasteiger charge is 2.16. The van der Waals surface area contributed by atoms with Crippen molar-refractivity contribution < 1.29 is 23.4 Å². The SMILES string of the molecule is COc1ccc(-c2nc(CSCC(=O)N[C@H](C)c3ccc4c(c3)OCCO4)co2)cc1. The number of nitrogens with one attached hydrogen (secondary N) is 1. The molecule has 1 aromatic heterocycles. The van der Waals surface area contributed by atoms with Crippen LogP contribution >= 0.6 is 11.8 Å². The second-order valence-electron chi connectivity index (χ2n) is 7.06. The van der Waals surface area contributed by atoms with Crippen LogP contribution in [0.4, 0.5) is 0 Å². The maximum atomic E-state index is 12.3. The van der Waals surface area contributed by atoms with Gasteiger partial charge in [0, 0.05) is 11.3 Å². The summed E-state index contributed by atoms with van der Waals surface area (Å²) in [6.45, 7) is 3.05. The molecule has 2 heterocycles. The molecule has 0 aliphatic carbocycles. The molecule has 4 rings (SSSR count). The molecule has 1 aliphatic heterocycles. The summed E-state index contributed by atoms with van der Waals surface area (Å²) in [6.07, 6.45) is 1.63. The standard InChI is InChI=1S/C23H24N2O5S/c1-15(17-5-8-20-21(11-17)29-10-9-28-20)24-22(26)14-31-13-18-12-30-23(25-18)16-3-6-19(27-2)7-4-16/h3-8,11-12,15H,9-10,13-14H2,1-2H3,(H,24,26)/t15-/m1/s1. The van der Waals surface area contributed by atoms with Crippen LogP contribution in [0.3, 0.4) is 0 Å². The molecule has 0 spiro atoms. The van der Waals surface area contributed by atoms with E-state index >= 15 is 0 Å². The predicted octanol–water partition coefficient (Wildman–Crippen LogP) is 4.23. The van der Waals surface area contributed by atoms with Crippen LogP contribution in [-0.4, -0.2) is 37.0 Å². The minimum Gasteiger partial charge on any atom is -0.497 e. The van der Waals surface area contributed by atoms with Crippen molar-refractivity contribution in [1.29, 1.82) is 0 Å². The maximum absolute atomic E-state index is 12.3. The molecule has 1 amide bonds. The van der Waals surface area contributed by atoms with E-state index in [1.165, 1.54) is 11.8 Å². The van der Waals surface area contributed by atoms with Gasteiger partial charge < -0.3 is 23.9 Å². The molecular weight excluding hydrogens is 416 g/mol. The first-order valence-corrected chi connectivity index (χ1v) is 11.1. The third-order valence-electron chi connectivity index (χ3n) is 4.82. The molecule has 0 saturated heterocycles. The number of aromatic nitrogens is 1. The third kappa shape index (κ3) is 5.32. The van der Waals surface area contributed by atoms with Crippen molar-refractivity contribution in [3.63, 3.8) is 0 Å². The zero-order chi connectivity index (χ0) is 21.6. The lowest BCUT2D eigenvalue weighted by molar-refractivity contribution is -0.119. The van der Waals surface area contributed by atoms with Gasteiger partial charge in [-0.2, -0.15) is 0 Å². The van der Waals surface area contributed by atoms with Crippen molar-refractivity contribution in [2.75, 3.05) is 26.1 Å².